The van der Waals surface area contributed by atoms with Crippen molar-refractivity contribution >= 4 is 11.8 Å². The Labute approximate surface area is 72.4 Å². The van der Waals surface area contributed by atoms with Crippen LogP contribution in [0.5, 0.6) is 0 Å². The van der Waals surface area contributed by atoms with Crippen LogP contribution in [0.1, 0.15) is 27.7 Å². The Bertz CT molecular complexity index is 208. The predicted molar refractivity (Wildman–Crippen MR) is 45.7 cm³/mol. The van der Waals surface area contributed by atoms with E-state index in [2.05, 4.69) is 0 Å². The lowest BCUT2D eigenvalue weighted by atomic mass is 10.2. The van der Waals surface area contributed by atoms with Crippen LogP contribution < -0.4 is 0 Å². The van der Waals surface area contributed by atoms with E-state index in [1.54, 1.807) is 20.8 Å². The number of allylic oxidation sites excluding steroid dienone is 1. The van der Waals surface area contributed by atoms with Gasteiger partial charge in [0, 0.05) is 6.08 Å². The van der Waals surface area contributed by atoms with Crippen LogP contribution in [0.2, 0.25) is 0 Å². The third-order valence-electron chi connectivity index (χ3n) is 0.861. The molecule has 68 valence electrons. The third-order valence-corrected chi connectivity index (χ3v) is 0.861. The SMILES string of the molecule is CC(=O)/C=C/C(=O)OC(C)(C)C. The van der Waals surface area contributed by atoms with Crippen LogP contribution in [0.15, 0.2) is 12.2 Å². The summed E-state index contributed by atoms with van der Waals surface area (Å²) in [6.45, 7) is 6.69. The van der Waals surface area contributed by atoms with Crippen LogP contribution in [0.25, 0.3) is 0 Å². The van der Waals surface area contributed by atoms with E-state index >= 15 is 0 Å². The number of esters is 1. The van der Waals surface area contributed by atoms with Gasteiger partial charge in [0.05, 0.1) is 0 Å². The monoisotopic (exact) mass is 170 g/mol. The minimum absolute atomic E-state index is 0.166. The molecule has 0 atom stereocenters. The van der Waals surface area contributed by atoms with E-state index in [-0.39, 0.29) is 5.78 Å². The van der Waals surface area contributed by atoms with Crippen LogP contribution in [-0.2, 0) is 14.3 Å². The van der Waals surface area contributed by atoms with Gasteiger partial charge in [0.25, 0.3) is 0 Å². The normalized spacial score (nSPS) is 11.7. The van der Waals surface area contributed by atoms with E-state index in [1.807, 2.05) is 0 Å². The first-order valence-corrected chi connectivity index (χ1v) is 3.73. The summed E-state index contributed by atoms with van der Waals surface area (Å²) in [6, 6.07) is 0. The largest absolute Gasteiger partial charge is 0.457 e. The zero-order valence-corrected chi connectivity index (χ0v) is 7.88. The molecule has 0 N–H and O–H groups in total. The van der Waals surface area contributed by atoms with Crippen molar-refractivity contribution in [3.05, 3.63) is 12.2 Å². The molecular formula is C9H14O3. The highest BCUT2D eigenvalue weighted by atomic mass is 16.6. The maximum Gasteiger partial charge on any atom is 0.331 e. The summed E-state index contributed by atoms with van der Waals surface area (Å²) in [5, 5.41) is 0. The molecule has 0 heterocycles. The molecule has 0 aromatic heterocycles. The molecule has 3 heteroatoms. The molecule has 3 nitrogen and oxygen atoms in total. The maximum atomic E-state index is 10.9. The van der Waals surface area contributed by atoms with Gasteiger partial charge in [-0.15, -0.1) is 0 Å². The lowest BCUT2D eigenvalue weighted by Gasteiger charge is -2.17. The van der Waals surface area contributed by atoms with Crippen molar-refractivity contribution < 1.29 is 14.3 Å². The van der Waals surface area contributed by atoms with Gasteiger partial charge < -0.3 is 4.74 Å². The van der Waals surface area contributed by atoms with Gasteiger partial charge in [0.2, 0.25) is 0 Å². The van der Waals surface area contributed by atoms with E-state index in [0.29, 0.717) is 0 Å². The van der Waals surface area contributed by atoms with Crippen molar-refractivity contribution in [2.45, 2.75) is 33.3 Å². The van der Waals surface area contributed by atoms with Crippen molar-refractivity contribution in [1.29, 1.82) is 0 Å². The van der Waals surface area contributed by atoms with Gasteiger partial charge in [0.15, 0.2) is 5.78 Å². The second-order valence-corrected chi connectivity index (χ2v) is 3.48. The average molecular weight is 170 g/mol. The summed E-state index contributed by atoms with van der Waals surface area (Å²) in [7, 11) is 0. The quantitative estimate of drug-likeness (QED) is 0.465. The Morgan fingerprint density at radius 3 is 2.00 bits per heavy atom. The van der Waals surface area contributed by atoms with Gasteiger partial charge in [0.1, 0.15) is 5.60 Å². The third kappa shape index (κ3) is 6.99. The van der Waals surface area contributed by atoms with Crippen LogP contribution in [0.3, 0.4) is 0 Å². The highest BCUT2D eigenvalue weighted by Crippen LogP contribution is 2.06. The molecule has 0 radical (unpaired) electrons. The van der Waals surface area contributed by atoms with Crippen molar-refractivity contribution in [2.75, 3.05) is 0 Å². The standard InChI is InChI=1S/C9H14O3/c1-7(10)5-6-8(11)12-9(2,3)4/h5-6H,1-4H3/b6-5+. The van der Waals surface area contributed by atoms with Gasteiger partial charge in [-0.05, 0) is 33.8 Å². The van der Waals surface area contributed by atoms with E-state index in [1.165, 1.54) is 13.0 Å². The van der Waals surface area contributed by atoms with Crippen LogP contribution in [0.4, 0.5) is 0 Å². The Kier molecular flexibility index (Phi) is 3.67. The molecule has 0 saturated heterocycles. The Hall–Kier alpha value is -1.12. The minimum atomic E-state index is -0.502. The molecule has 0 amide bonds. The van der Waals surface area contributed by atoms with Crippen LogP contribution >= 0.6 is 0 Å². The second-order valence-electron chi connectivity index (χ2n) is 3.48. The molecule has 0 saturated carbocycles. The molecule has 0 aromatic carbocycles. The number of hydrogen-bond donors (Lipinski definition) is 0. The summed E-state index contributed by atoms with van der Waals surface area (Å²) >= 11 is 0. The second kappa shape index (κ2) is 4.04. The zero-order valence-electron chi connectivity index (χ0n) is 7.88. The smallest absolute Gasteiger partial charge is 0.331 e. The summed E-state index contributed by atoms with van der Waals surface area (Å²) in [5.41, 5.74) is -0.502. The molecule has 0 aliphatic rings. The highest BCUT2D eigenvalue weighted by molar-refractivity contribution is 5.94. The molecule has 0 aliphatic carbocycles. The Balaban J connectivity index is 3.99. The molecule has 0 rings (SSSR count). The zero-order chi connectivity index (χ0) is 9.78. The van der Waals surface area contributed by atoms with Crippen molar-refractivity contribution in [3.8, 4) is 0 Å². The molecule has 12 heavy (non-hydrogen) atoms. The fourth-order valence-corrected chi connectivity index (χ4v) is 0.521. The lowest BCUT2D eigenvalue weighted by molar-refractivity contribution is -0.148. The Morgan fingerprint density at radius 2 is 1.67 bits per heavy atom. The fraction of sp³-hybridized carbons (Fsp3) is 0.556. The predicted octanol–water partition coefficient (Wildman–Crippen LogP) is 1.47. The average Bonchev–Trinajstić information content (AvgIpc) is 1.79. The summed E-state index contributed by atoms with van der Waals surface area (Å²) < 4.78 is 4.91. The van der Waals surface area contributed by atoms with Crippen molar-refractivity contribution in [2.24, 2.45) is 0 Å². The number of rotatable bonds is 2. The van der Waals surface area contributed by atoms with Crippen molar-refractivity contribution in [1.82, 2.24) is 0 Å². The van der Waals surface area contributed by atoms with E-state index in [0.717, 1.165) is 6.08 Å². The molecule has 0 aromatic rings. The first-order valence-electron chi connectivity index (χ1n) is 3.73. The minimum Gasteiger partial charge on any atom is -0.457 e. The molecule has 0 spiro atoms. The number of hydrogen-bond acceptors (Lipinski definition) is 3. The van der Waals surface area contributed by atoms with Crippen LogP contribution in [0, 0.1) is 0 Å². The van der Waals surface area contributed by atoms with E-state index < -0.39 is 11.6 Å². The van der Waals surface area contributed by atoms with Gasteiger partial charge in [-0.3, -0.25) is 4.79 Å². The van der Waals surface area contributed by atoms with Gasteiger partial charge in [-0.2, -0.15) is 0 Å². The fourth-order valence-electron chi connectivity index (χ4n) is 0.521. The van der Waals surface area contributed by atoms with Crippen LogP contribution in [-0.4, -0.2) is 17.4 Å². The number of ether oxygens (including phenoxy) is 1. The lowest BCUT2D eigenvalue weighted by Crippen LogP contribution is -2.22. The topological polar surface area (TPSA) is 43.4 Å². The first-order chi connectivity index (χ1) is 5.31. The number of carbonyl (C=O) groups is 2. The molecular weight excluding hydrogens is 156 g/mol. The summed E-state index contributed by atoms with van der Waals surface area (Å²) in [4.78, 5) is 21.3. The first kappa shape index (κ1) is 10.9. The van der Waals surface area contributed by atoms with Gasteiger partial charge in [-0.1, -0.05) is 0 Å². The summed E-state index contributed by atoms with van der Waals surface area (Å²) in [5.74, 6) is -0.654. The van der Waals surface area contributed by atoms with E-state index in [4.69, 9.17) is 4.74 Å². The number of ketones is 1. The van der Waals surface area contributed by atoms with Gasteiger partial charge in [-0.25, -0.2) is 4.79 Å². The molecule has 0 fully saturated rings. The van der Waals surface area contributed by atoms with Crippen molar-refractivity contribution in [3.63, 3.8) is 0 Å². The Morgan fingerprint density at radius 1 is 1.17 bits per heavy atom. The molecule has 0 unspecified atom stereocenters. The number of carbonyl (C=O) groups excluding carboxylic acids is 2. The molecule has 0 aliphatic heterocycles. The summed E-state index contributed by atoms with van der Waals surface area (Å²) in [6.07, 6.45) is 2.32. The van der Waals surface area contributed by atoms with Gasteiger partial charge >= 0.3 is 5.97 Å². The van der Waals surface area contributed by atoms with E-state index in [9.17, 15) is 9.59 Å². The highest BCUT2D eigenvalue weighted by Gasteiger charge is 2.13. The molecule has 0 bridgehead atoms. The maximum absolute atomic E-state index is 10.9.